The van der Waals surface area contributed by atoms with E-state index in [-0.39, 0.29) is 22.9 Å². The van der Waals surface area contributed by atoms with Crippen LogP contribution in [-0.2, 0) is 0 Å². The number of nitrogens with zero attached hydrogens (tertiary/aromatic N) is 1. The molecule has 0 aliphatic rings. The first-order valence-corrected chi connectivity index (χ1v) is 5.92. The van der Waals surface area contributed by atoms with Crippen molar-refractivity contribution in [3.8, 4) is 11.5 Å². The largest absolute Gasteiger partial charge is 0.504 e. The van der Waals surface area contributed by atoms with Gasteiger partial charge in [-0.15, -0.1) is 0 Å². The molecule has 0 atom stereocenters. The van der Waals surface area contributed by atoms with Crippen molar-refractivity contribution in [2.24, 2.45) is 10.9 Å². The summed E-state index contributed by atoms with van der Waals surface area (Å²) >= 11 is 0. The SMILES string of the molecule is N/C(=N/O)c1ccc(NC(=O)c2ccc(O)c(O)c2)cc1. The summed E-state index contributed by atoms with van der Waals surface area (Å²) in [5.74, 6) is -1.14. The monoisotopic (exact) mass is 287 g/mol. The number of hydrogen-bond donors (Lipinski definition) is 5. The first kappa shape index (κ1) is 14.2. The minimum Gasteiger partial charge on any atom is -0.504 e. The number of aromatic hydroxyl groups is 2. The summed E-state index contributed by atoms with van der Waals surface area (Å²) in [6, 6.07) is 10.1. The van der Waals surface area contributed by atoms with Crippen molar-refractivity contribution >= 4 is 17.4 Å². The van der Waals surface area contributed by atoms with Crippen molar-refractivity contribution in [1.29, 1.82) is 0 Å². The lowest BCUT2D eigenvalue weighted by molar-refractivity contribution is 0.102. The first-order chi connectivity index (χ1) is 10.0. The van der Waals surface area contributed by atoms with E-state index in [1.165, 1.54) is 12.1 Å². The van der Waals surface area contributed by atoms with Crippen LogP contribution in [0, 0.1) is 0 Å². The van der Waals surface area contributed by atoms with E-state index in [4.69, 9.17) is 10.9 Å². The minimum absolute atomic E-state index is 0.0312. The molecule has 0 bridgehead atoms. The Labute approximate surface area is 120 Å². The smallest absolute Gasteiger partial charge is 0.255 e. The fourth-order valence-corrected chi connectivity index (χ4v) is 1.65. The molecule has 2 aromatic carbocycles. The predicted molar refractivity (Wildman–Crippen MR) is 76.7 cm³/mol. The van der Waals surface area contributed by atoms with Crippen molar-refractivity contribution in [1.82, 2.24) is 0 Å². The van der Waals surface area contributed by atoms with Gasteiger partial charge in [0.1, 0.15) is 0 Å². The highest BCUT2D eigenvalue weighted by Gasteiger charge is 2.09. The van der Waals surface area contributed by atoms with Crippen LogP contribution in [-0.4, -0.2) is 27.2 Å². The number of carbonyl (C=O) groups excluding carboxylic acids is 1. The van der Waals surface area contributed by atoms with Gasteiger partial charge in [-0.25, -0.2) is 0 Å². The van der Waals surface area contributed by atoms with Gasteiger partial charge in [0.2, 0.25) is 0 Å². The molecule has 6 N–H and O–H groups in total. The maximum Gasteiger partial charge on any atom is 0.255 e. The van der Waals surface area contributed by atoms with Crippen LogP contribution in [0.4, 0.5) is 5.69 Å². The molecule has 0 radical (unpaired) electrons. The van der Waals surface area contributed by atoms with Crippen LogP contribution in [0.1, 0.15) is 15.9 Å². The van der Waals surface area contributed by atoms with Crippen molar-refractivity contribution < 1.29 is 20.2 Å². The zero-order chi connectivity index (χ0) is 15.4. The molecule has 2 rings (SSSR count). The van der Waals surface area contributed by atoms with Gasteiger partial charge < -0.3 is 26.5 Å². The highest BCUT2D eigenvalue weighted by atomic mass is 16.4. The van der Waals surface area contributed by atoms with E-state index in [2.05, 4.69) is 10.5 Å². The number of amides is 1. The molecular formula is C14H13N3O4. The molecule has 0 aromatic heterocycles. The predicted octanol–water partition coefficient (Wildman–Crippen LogP) is 1.44. The molecule has 0 fully saturated rings. The Kier molecular flexibility index (Phi) is 3.94. The van der Waals surface area contributed by atoms with E-state index >= 15 is 0 Å². The number of nitrogens with two attached hydrogens (primary N) is 1. The second kappa shape index (κ2) is 5.83. The fourth-order valence-electron chi connectivity index (χ4n) is 1.65. The average molecular weight is 287 g/mol. The summed E-state index contributed by atoms with van der Waals surface area (Å²) in [4.78, 5) is 12.0. The standard InChI is InChI=1S/C14H13N3O4/c15-13(17-21)8-1-4-10(5-2-8)16-14(20)9-3-6-11(18)12(19)7-9/h1-7,18-19,21H,(H2,15,17)(H,16,20). The van der Waals surface area contributed by atoms with E-state index in [1.54, 1.807) is 24.3 Å². The first-order valence-electron chi connectivity index (χ1n) is 5.92. The van der Waals surface area contributed by atoms with Crippen LogP contribution < -0.4 is 11.1 Å². The third-order valence-electron chi connectivity index (χ3n) is 2.78. The highest BCUT2D eigenvalue weighted by molar-refractivity contribution is 6.05. The minimum atomic E-state index is -0.443. The van der Waals surface area contributed by atoms with Crippen molar-refractivity contribution in [2.45, 2.75) is 0 Å². The molecule has 21 heavy (non-hydrogen) atoms. The zero-order valence-corrected chi connectivity index (χ0v) is 10.8. The van der Waals surface area contributed by atoms with Gasteiger partial charge in [-0.05, 0) is 42.5 Å². The fraction of sp³-hybridized carbons (Fsp3) is 0. The molecule has 7 nitrogen and oxygen atoms in total. The Morgan fingerprint density at radius 1 is 1.00 bits per heavy atom. The Hall–Kier alpha value is -3.22. The van der Waals surface area contributed by atoms with Crippen LogP contribution in [0.2, 0.25) is 0 Å². The number of oxime groups is 1. The molecule has 1 amide bonds. The topological polar surface area (TPSA) is 128 Å². The molecule has 108 valence electrons. The summed E-state index contributed by atoms with van der Waals surface area (Å²) in [6.45, 7) is 0. The van der Waals surface area contributed by atoms with Gasteiger partial charge in [0.25, 0.3) is 5.91 Å². The van der Waals surface area contributed by atoms with E-state index in [0.29, 0.717) is 11.3 Å². The second-order valence-electron chi connectivity index (χ2n) is 4.22. The van der Waals surface area contributed by atoms with E-state index in [1.807, 2.05) is 0 Å². The number of amidine groups is 1. The maximum absolute atomic E-state index is 12.0. The maximum atomic E-state index is 12.0. The van der Waals surface area contributed by atoms with Crippen LogP contribution in [0.15, 0.2) is 47.6 Å². The molecule has 0 heterocycles. The van der Waals surface area contributed by atoms with Gasteiger partial charge in [-0.1, -0.05) is 5.16 Å². The van der Waals surface area contributed by atoms with Gasteiger partial charge in [-0.3, -0.25) is 4.79 Å². The third kappa shape index (κ3) is 3.21. The Balaban J connectivity index is 2.14. The number of anilines is 1. The molecule has 0 saturated heterocycles. The summed E-state index contributed by atoms with van der Waals surface area (Å²) in [7, 11) is 0. The molecule has 0 aliphatic heterocycles. The lowest BCUT2D eigenvalue weighted by atomic mass is 10.1. The van der Waals surface area contributed by atoms with Gasteiger partial charge >= 0.3 is 0 Å². The second-order valence-corrected chi connectivity index (χ2v) is 4.22. The van der Waals surface area contributed by atoms with Crippen LogP contribution in [0.25, 0.3) is 0 Å². The molecule has 0 aliphatic carbocycles. The number of rotatable bonds is 3. The van der Waals surface area contributed by atoms with E-state index < -0.39 is 5.91 Å². The van der Waals surface area contributed by atoms with Crippen LogP contribution in [0.5, 0.6) is 11.5 Å². The van der Waals surface area contributed by atoms with Gasteiger partial charge in [-0.2, -0.15) is 0 Å². The Bertz CT molecular complexity index is 696. The number of hydrogen-bond acceptors (Lipinski definition) is 5. The lowest BCUT2D eigenvalue weighted by Crippen LogP contribution is -2.14. The average Bonchev–Trinajstić information content (AvgIpc) is 2.50. The normalized spacial score (nSPS) is 11.1. The van der Waals surface area contributed by atoms with E-state index in [0.717, 1.165) is 6.07 Å². The van der Waals surface area contributed by atoms with Crippen LogP contribution in [0.3, 0.4) is 0 Å². The number of carbonyl (C=O) groups is 1. The molecular weight excluding hydrogens is 274 g/mol. The van der Waals surface area contributed by atoms with E-state index in [9.17, 15) is 15.0 Å². The molecule has 0 saturated carbocycles. The summed E-state index contributed by atoms with van der Waals surface area (Å²) < 4.78 is 0. The molecule has 0 spiro atoms. The zero-order valence-electron chi connectivity index (χ0n) is 10.8. The Morgan fingerprint density at radius 2 is 1.62 bits per heavy atom. The van der Waals surface area contributed by atoms with Crippen molar-refractivity contribution in [2.75, 3.05) is 5.32 Å². The molecule has 0 unspecified atom stereocenters. The summed E-state index contributed by atoms with van der Waals surface area (Å²) in [6.07, 6.45) is 0. The molecule has 2 aromatic rings. The van der Waals surface area contributed by atoms with Crippen LogP contribution >= 0.6 is 0 Å². The number of benzene rings is 2. The number of nitrogens with one attached hydrogen (secondary N) is 1. The lowest BCUT2D eigenvalue weighted by Gasteiger charge is -2.07. The summed E-state index contributed by atoms with van der Waals surface area (Å²) in [5, 5.41) is 32.6. The van der Waals surface area contributed by atoms with Gasteiger partial charge in [0.05, 0.1) is 0 Å². The number of phenols is 2. The quantitative estimate of drug-likeness (QED) is 0.192. The third-order valence-corrected chi connectivity index (χ3v) is 2.78. The molecule has 7 heteroatoms. The van der Waals surface area contributed by atoms with Gasteiger partial charge in [0, 0.05) is 16.8 Å². The highest BCUT2D eigenvalue weighted by Crippen LogP contribution is 2.25. The van der Waals surface area contributed by atoms with Crippen molar-refractivity contribution in [3.63, 3.8) is 0 Å². The van der Waals surface area contributed by atoms with Gasteiger partial charge in [0.15, 0.2) is 17.3 Å². The summed E-state index contributed by atoms with van der Waals surface area (Å²) in [5.41, 5.74) is 6.64. The number of phenolic OH excluding ortho intramolecular Hbond substituents is 2. The Morgan fingerprint density at radius 3 is 2.19 bits per heavy atom. The van der Waals surface area contributed by atoms with Crippen molar-refractivity contribution in [3.05, 3.63) is 53.6 Å².